The van der Waals surface area contributed by atoms with Gasteiger partial charge in [-0.3, -0.25) is 0 Å². The summed E-state index contributed by atoms with van der Waals surface area (Å²) in [6, 6.07) is 0. The van der Waals surface area contributed by atoms with Gasteiger partial charge in [-0.2, -0.15) is 0 Å². The molecule has 0 aromatic rings. The third-order valence-electron chi connectivity index (χ3n) is 0.876. The summed E-state index contributed by atoms with van der Waals surface area (Å²) in [4.78, 5) is 10.6. The van der Waals surface area contributed by atoms with Gasteiger partial charge in [0, 0.05) is 18.5 Å². The zero-order valence-electron chi connectivity index (χ0n) is 4.55. The molecule has 3 heteroatoms. The van der Waals surface area contributed by atoms with Gasteiger partial charge in [-0.1, -0.05) is 0 Å². The van der Waals surface area contributed by atoms with Gasteiger partial charge in [-0.05, 0) is 6.92 Å². The first kappa shape index (κ1) is 5.60. The average Bonchev–Trinajstić information content (AvgIpc) is 2.14. The number of likely N-dealkylation sites (N-methyl/N-ethyl adjacent to an activating group) is 1. The van der Waals surface area contributed by atoms with Gasteiger partial charge in [-0.15, -0.1) is 0 Å². The van der Waals surface area contributed by atoms with Crippen LogP contribution in [0.2, 0.25) is 0 Å². The van der Waals surface area contributed by atoms with Crippen molar-refractivity contribution in [1.29, 1.82) is 0 Å². The second-order valence-electron chi connectivity index (χ2n) is 1.37. The maximum absolute atomic E-state index is 10.6. The van der Waals surface area contributed by atoms with Gasteiger partial charge in [0.2, 0.25) is 5.41 Å². The van der Waals surface area contributed by atoms with Crippen LogP contribution in [0.5, 0.6) is 0 Å². The molecule has 1 heterocycles. The largest absolute Gasteiger partial charge is 0.503 e. The van der Waals surface area contributed by atoms with E-state index < -0.39 is 0 Å². The van der Waals surface area contributed by atoms with Gasteiger partial charge in [0.15, 0.2) is 0 Å². The number of hydrogen-bond acceptors (Lipinski definition) is 2. The number of amides is 1. The van der Waals surface area contributed by atoms with Gasteiger partial charge < -0.3 is 0 Å². The lowest BCUT2D eigenvalue weighted by Gasteiger charge is -2.00. The number of carbonyl (C=O) groups is 1. The van der Waals surface area contributed by atoms with E-state index in [1.165, 1.54) is 11.9 Å². The van der Waals surface area contributed by atoms with Crippen LogP contribution in [-0.2, 0) is 4.79 Å². The Kier molecular flexibility index (Phi) is 1.51. The number of rotatable bonds is 1. The first-order valence-corrected chi connectivity index (χ1v) is 3.24. The minimum Gasteiger partial charge on any atom is -0.229 e. The van der Waals surface area contributed by atoms with Crippen molar-refractivity contribution in [3.05, 3.63) is 11.5 Å². The lowest BCUT2D eigenvalue weighted by atomic mass is 10.6. The van der Waals surface area contributed by atoms with Crippen LogP contribution in [0.1, 0.15) is 6.92 Å². The molecule has 0 spiro atoms. The molecule has 1 aliphatic heterocycles. The Morgan fingerprint density at radius 3 is 3.00 bits per heavy atom. The van der Waals surface area contributed by atoms with Gasteiger partial charge in [-0.25, -0.2) is 9.10 Å². The molecule has 1 amide bonds. The highest BCUT2D eigenvalue weighted by atomic mass is 32.2. The maximum Gasteiger partial charge on any atom is 0.503 e. The zero-order valence-corrected chi connectivity index (χ0v) is 5.36. The molecule has 0 aliphatic carbocycles. The Labute approximate surface area is 52.7 Å². The van der Waals surface area contributed by atoms with Crippen molar-refractivity contribution in [1.82, 2.24) is 4.31 Å². The van der Waals surface area contributed by atoms with Crippen LogP contribution >= 0.6 is 11.9 Å². The van der Waals surface area contributed by atoms with Crippen LogP contribution in [0.4, 0.5) is 0 Å². The van der Waals surface area contributed by atoms with Crippen LogP contribution in [-0.4, -0.2) is 16.8 Å². The quantitative estimate of drug-likeness (QED) is 0.385. The third kappa shape index (κ3) is 0.831. The van der Waals surface area contributed by atoms with Crippen molar-refractivity contribution in [2.24, 2.45) is 0 Å². The van der Waals surface area contributed by atoms with Gasteiger partial charge >= 0.3 is 12.0 Å². The van der Waals surface area contributed by atoms with E-state index in [0.717, 1.165) is 6.54 Å². The number of hydrogen-bond donors (Lipinski definition) is 0. The van der Waals surface area contributed by atoms with Crippen LogP contribution in [0.25, 0.3) is 0 Å². The van der Waals surface area contributed by atoms with Crippen molar-refractivity contribution in [2.45, 2.75) is 6.92 Å². The first-order valence-electron chi connectivity index (χ1n) is 2.41. The molecule has 0 radical (unpaired) electrons. The SMILES string of the molecule is CCN1SC=[C+]C1=O. The molecule has 0 saturated carbocycles. The molecule has 0 aromatic heterocycles. The summed E-state index contributed by atoms with van der Waals surface area (Å²) in [6.45, 7) is 2.69. The topological polar surface area (TPSA) is 20.3 Å². The molecular formula is C5H6NOS+. The molecule has 42 valence electrons. The second kappa shape index (κ2) is 2.16. The van der Waals surface area contributed by atoms with Gasteiger partial charge in [0.1, 0.15) is 0 Å². The fourth-order valence-corrected chi connectivity index (χ4v) is 1.06. The highest BCUT2D eigenvalue weighted by Crippen LogP contribution is 2.16. The molecule has 1 aliphatic rings. The Hall–Kier alpha value is -0.530. The van der Waals surface area contributed by atoms with Crippen LogP contribution in [0, 0.1) is 6.08 Å². The smallest absolute Gasteiger partial charge is 0.229 e. The van der Waals surface area contributed by atoms with E-state index >= 15 is 0 Å². The summed E-state index contributed by atoms with van der Waals surface area (Å²) >= 11 is 1.40. The third-order valence-corrected chi connectivity index (χ3v) is 1.78. The van der Waals surface area contributed by atoms with Gasteiger partial charge in [0.05, 0.1) is 0 Å². The molecule has 0 saturated heterocycles. The van der Waals surface area contributed by atoms with Gasteiger partial charge in [0.25, 0.3) is 0 Å². The molecule has 0 atom stereocenters. The molecule has 0 N–H and O–H groups in total. The molecule has 0 fully saturated rings. The minimum atomic E-state index is -0.0162. The van der Waals surface area contributed by atoms with Crippen molar-refractivity contribution < 1.29 is 4.79 Å². The van der Waals surface area contributed by atoms with Crippen molar-refractivity contribution in [2.75, 3.05) is 6.54 Å². The molecule has 1 rings (SSSR count). The monoisotopic (exact) mass is 128 g/mol. The summed E-state index contributed by atoms with van der Waals surface area (Å²) in [6.07, 6.45) is 2.55. The molecule has 0 unspecified atom stereocenters. The predicted molar refractivity (Wildman–Crippen MR) is 32.8 cm³/mol. The van der Waals surface area contributed by atoms with E-state index in [1.807, 2.05) is 6.92 Å². The van der Waals surface area contributed by atoms with Crippen molar-refractivity contribution in [3.63, 3.8) is 0 Å². The fourth-order valence-electron chi connectivity index (χ4n) is 0.478. The molecule has 0 aromatic carbocycles. The minimum absolute atomic E-state index is 0.0162. The Morgan fingerprint density at radius 2 is 2.75 bits per heavy atom. The molecular weight excluding hydrogens is 122 g/mol. The highest BCUT2D eigenvalue weighted by Gasteiger charge is 2.27. The maximum atomic E-state index is 10.6. The van der Waals surface area contributed by atoms with Crippen LogP contribution in [0.15, 0.2) is 5.41 Å². The van der Waals surface area contributed by atoms with E-state index in [-0.39, 0.29) is 5.91 Å². The number of carbonyl (C=O) groups excluding carboxylic acids is 1. The van der Waals surface area contributed by atoms with E-state index in [9.17, 15) is 4.79 Å². The fraction of sp³-hybridized carbons (Fsp3) is 0.400. The average molecular weight is 128 g/mol. The van der Waals surface area contributed by atoms with Crippen molar-refractivity contribution >= 4 is 17.9 Å². The van der Waals surface area contributed by atoms with Crippen molar-refractivity contribution in [3.8, 4) is 0 Å². The lowest BCUT2D eigenvalue weighted by molar-refractivity contribution is -0.121. The zero-order chi connectivity index (χ0) is 5.98. The Bertz CT molecular complexity index is 132. The number of nitrogens with zero attached hydrogens (tertiary/aromatic N) is 1. The predicted octanol–water partition coefficient (Wildman–Crippen LogP) is 0.814. The normalized spacial score (nSPS) is 17.1. The lowest BCUT2D eigenvalue weighted by Crippen LogP contribution is -2.17. The van der Waals surface area contributed by atoms with E-state index in [1.54, 1.807) is 9.71 Å². The summed E-state index contributed by atoms with van der Waals surface area (Å²) in [5, 5.41) is 1.67. The summed E-state index contributed by atoms with van der Waals surface area (Å²) in [5.74, 6) is -0.0162. The summed E-state index contributed by atoms with van der Waals surface area (Å²) in [7, 11) is 0. The Morgan fingerprint density at radius 1 is 2.00 bits per heavy atom. The highest BCUT2D eigenvalue weighted by molar-refractivity contribution is 8.00. The Balaban J connectivity index is 2.51. The van der Waals surface area contributed by atoms with Crippen LogP contribution < -0.4 is 0 Å². The van der Waals surface area contributed by atoms with E-state index in [2.05, 4.69) is 6.08 Å². The van der Waals surface area contributed by atoms with Crippen LogP contribution in [0.3, 0.4) is 0 Å². The first-order chi connectivity index (χ1) is 3.84. The van der Waals surface area contributed by atoms with E-state index in [0.29, 0.717) is 0 Å². The summed E-state index contributed by atoms with van der Waals surface area (Å²) < 4.78 is 1.64. The second-order valence-corrected chi connectivity index (χ2v) is 2.25. The molecule has 0 bridgehead atoms. The summed E-state index contributed by atoms with van der Waals surface area (Å²) in [5.41, 5.74) is 0. The molecule has 8 heavy (non-hydrogen) atoms. The van der Waals surface area contributed by atoms with E-state index in [4.69, 9.17) is 0 Å². The molecule has 2 nitrogen and oxygen atoms in total. The standard InChI is InChI=1S/C5H6NOS/c1-2-6-5(7)3-4-8-6/h4H,2H2,1H3/q+1.